The van der Waals surface area contributed by atoms with Crippen LogP contribution in [-0.2, 0) is 6.42 Å². The van der Waals surface area contributed by atoms with Crippen molar-refractivity contribution in [2.24, 2.45) is 0 Å². The van der Waals surface area contributed by atoms with Gasteiger partial charge in [0.1, 0.15) is 11.3 Å². The van der Waals surface area contributed by atoms with Gasteiger partial charge in [-0.3, -0.25) is 0 Å². The lowest BCUT2D eigenvalue weighted by atomic mass is 10.1. The molecule has 0 atom stereocenters. The van der Waals surface area contributed by atoms with Gasteiger partial charge in [0, 0.05) is 6.07 Å². The first-order valence-electron chi connectivity index (χ1n) is 6.62. The SMILES string of the molecule is CCCCc1c(C(=O)O)cnn1-c1cccc(OC)c1. The lowest BCUT2D eigenvalue weighted by Crippen LogP contribution is -2.07. The minimum atomic E-state index is -0.940. The summed E-state index contributed by atoms with van der Waals surface area (Å²) in [5.41, 5.74) is 1.80. The Morgan fingerprint density at radius 3 is 2.90 bits per heavy atom. The number of unbranched alkanes of at least 4 members (excludes halogenated alkanes) is 1. The number of ether oxygens (including phenoxy) is 1. The maximum absolute atomic E-state index is 11.3. The van der Waals surface area contributed by atoms with Gasteiger partial charge < -0.3 is 9.84 Å². The van der Waals surface area contributed by atoms with E-state index in [1.165, 1.54) is 6.20 Å². The predicted molar refractivity (Wildman–Crippen MR) is 75.7 cm³/mol. The van der Waals surface area contributed by atoms with Gasteiger partial charge in [-0.15, -0.1) is 0 Å². The molecule has 5 heteroatoms. The molecule has 1 heterocycles. The topological polar surface area (TPSA) is 64.3 Å². The van der Waals surface area contributed by atoms with Crippen molar-refractivity contribution in [2.75, 3.05) is 7.11 Å². The molecule has 106 valence electrons. The van der Waals surface area contributed by atoms with Gasteiger partial charge in [0.25, 0.3) is 0 Å². The molecule has 1 aromatic heterocycles. The molecule has 0 aliphatic rings. The van der Waals surface area contributed by atoms with Crippen LogP contribution < -0.4 is 4.74 Å². The van der Waals surface area contributed by atoms with E-state index in [1.54, 1.807) is 11.8 Å². The smallest absolute Gasteiger partial charge is 0.339 e. The molecule has 5 nitrogen and oxygen atoms in total. The van der Waals surface area contributed by atoms with Crippen LogP contribution in [-0.4, -0.2) is 28.0 Å². The number of hydrogen-bond acceptors (Lipinski definition) is 3. The third kappa shape index (κ3) is 2.82. The van der Waals surface area contributed by atoms with Crippen molar-refractivity contribution < 1.29 is 14.6 Å². The van der Waals surface area contributed by atoms with E-state index in [9.17, 15) is 9.90 Å². The summed E-state index contributed by atoms with van der Waals surface area (Å²) in [6.07, 6.45) is 4.03. The summed E-state index contributed by atoms with van der Waals surface area (Å²) in [6.45, 7) is 2.08. The van der Waals surface area contributed by atoms with Crippen molar-refractivity contribution in [3.05, 3.63) is 41.7 Å². The molecular weight excluding hydrogens is 256 g/mol. The first-order valence-corrected chi connectivity index (χ1v) is 6.62. The standard InChI is InChI=1S/C15H18N2O3/c1-3-4-8-14-13(15(18)19)10-16-17(14)11-6-5-7-12(9-11)20-2/h5-7,9-10H,3-4,8H2,1-2H3,(H,18,19). The lowest BCUT2D eigenvalue weighted by Gasteiger charge is -2.09. The van der Waals surface area contributed by atoms with E-state index in [4.69, 9.17) is 4.74 Å². The molecule has 1 N–H and O–H groups in total. The quantitative estimate of drug-likeness (QED) is 0.879. The van der Waals surface area contributed by atoms with E-state index >= 15 is 0 Å². The van der Waals surface area contributed by atoms with Crippen LogP contribution in [0.25, 0.3) is 5.69 Å². The van der Waals surface area contributed by atoms with Gasteiger partial charge in [0.15, 0.2) is 0 Å². The third-order valence-corrected chi connectivity index (χ3v) is 3.16. The zero-order chi connectivity index (χ0) is 14.5. The maximum atomic E-state index is 11.3. The number of aromatic carboxylic acids is 1. The summed E-state index contributed by atoms with van der Waals surface area (Å²) in [5, 5.41) is 13.5. The number of carboxylic acids is 1. The van der Waals surface area contributed by atoms with E-state index in [1.807, 2.05) is 24.3 Å². The van der Waals surface area contributed by atoms with Crippen LogP contribution in [0.1, 0.15) is 35.8 Å². The summed E-state index contributed by atoms with van der Waals surface area (Å²) in [7, 11) is 1.60. The van der Waals surface area contributed by atoms with Crippen LogP contribution in [0, 0.1) is 0 Å². The average Bonchev–Trinajstić information content (AvgIpc) is 2.89. The summed E-state index contributed by atoms with van der Waals surface area (Å²) >= 11 is 0. The first-order chi connectivity index (χ1) is 9.67. The zero-order valence-corrected chi connectivity index (χ0v) is 11.7. The van der Waals surface area contributed by atoms with Crippen molar-refractivity contribution in [3.63, 3.8) is 0 Å². The first kappa shape index (κ1) is 14.1. The highest BCUT2D eigenvalue weighted by Gasteiger charge is 2.17. The molecular formula is C15H18N2O3. The number of carboxylic acid groups (broad SMARTS) is 1. The van der Waals surface area contributed by atoms with Crippen molar-refractivity contribution in [1.82, 2.24) is 9.78 Å². The molecule has 0 aliphatic carbocycles. The number of methoxy groups -OCH3 is 1. The van der Waals surface area contributed by atoms with E-state index in [2.05, 4.69) is 12.0 Å². The number of nitrogens with zero attached hydrogens (tertiary/aromatic N) is 2. The molecule has 2 rings (SSSR count). The molecule has 0 saturated carbocycles. The largest absolute Gasteiger partial charge is 0.497 e. The number of rotatable bonds is 6. The van der Waals surface area contributed by atoms with Crippen LogP contribution in [0.5, 0.6) is 5.75 Å². The van der Waals surface area contributed by atoms with Crippen LogP contribution in [0.4, 0.5) is 0 Å². The molecule has 0 spiro atoms. The molecule has 0 saturated heterocycles. The number of aromatic nitrogens is 2. The molecule has 20 heavy (non-hydrogen) atoms. The van der Waals surface area contributed by atoms with Gasteiger partial charge in [-0.1, -0.05) is 19.4 Å². The zero-order valence-electron chi connectivity index (χ0n) is 11.7. The van der Waals surface area contributed by atoms with E-state index in [0.717, 1.165) is 30.0 Å². The molecule has 0 unspecified atom stereocenters. The second-order valence-corrected chi connectivity index (χ2v) is 4.53. The Kier molecular flexibility index (Phi) is 4.40. The third-order valence-electron chi connectivity index (χ3n) is 3.16. The molecule has 0 radical (unpaired) electrons. The van der Waals surface area contributed by atoms with Crippen LogP contribution >= 0.6 is 0 Å². The van der Waals surface area contributed by atoms with Crippen molar-refractivity contribution >= 4 is 5.97 Å². The fourth-order valence-electron chi connectivity index (χ4n) is 2.10. The van der Waals surface area contributed by atoms with Crippen LogP contribution in [0.3, 0.4) is 0 Å². The van der Waals surface area contributed by atoms with E-state index in [-0.39, 0.29) is 5.56 Å². The van der Waals surface area contributed by atoms with Gasteiger partial charge in [0.05, 0.1) is 24.7 Å². The average molecular weight is 274 g/mol. The fourth-order valence-corrected chi connectivity index (χ4v) is 2.10. The molecule has 0 amide bonds. The Morgan fingerprint density at radius 1 is 1.45 bits per heavy atom. The lowest BCUT2D eigenvalue weighted by molar-refractivity contribution is 0.0695. The van der Waals surface area contributed by atoms with Gasteiger partial charge >= 0.3 is 5.97 Å². The molecule has 2 aromatic rings. The minimum Gasteiger partial charge on any atom is -0.497 e. The second-order valence-electron chi connectivity index (χ2n) is 4.53. The van der Waals surface area contributed by atoms with Crippen molar-refractivity contribution in [2.45, 2.75) is 26.2 Å². The minimum absolute atomic E-state index is 0.265. The van der Waals surface area contributed by atoms with Crippen LogP contribution in [0.15, 0.2) is 30.5 Å². The Hall–Kier alpha value is -2.30. The van der Waals surface area contributed by atoms with Gasteiger partial charge in [-0.05, 0) is 25.0 Å². The molecule has 0 aliphatic heterocycles. The van der Waals surface area contributed by atoms with Crippen LogP contribution in [0.2, 0.25) is 0 Å². The fraction of sp³-hybridized carbons (Fsp3) is 0.333. The Labute approximate surface area is 117 Å². The van der Waals surface area contributed by atoms with Gasteiger partial charge in [0.2, 0.25) is 0 Å². The maximum Gasteiger partial charge on any atom is 0.339 e. The van der Waals surface area contributed by atoms with Crippen molar-refractivity contribution in [1.29, 1.82) is 0 Å². The monoisotopic (exact) mass is 274 g/mol. The summed E-state index contributed by atoms with van der Waals surface area (Å²) in [5.74, 6) is -0.221. The number of hydrogen-bond donors (Lipinski definition) is 1. The Balaban J connectivity index is 2.46. The highest BCUT2D eigenvalue weighted by molar-refractivity contribution is 5.88. The van der Waals surface area contributed by atoms with Gasteiger partial charge in [-0.2, -0.15) is 5.10 Å². The second kappa shape index (κ2) is 6.23. The molecule has 1 aromatic carbocycles. The van der Waals surface area contributed by atoms with E-state index < -0.39 is 5.97 Å². The highest BCUT2D eigenvalue weighted by atomic mass is 16.5. The summed E-state index contributed by atoms with van der Waals surface area (Å²) < 4.78 is 6.88. The predicted octanol–water partition coefficient (Wildman–Crippen LogP) is 2.92. The van der Waals surface area contributed by atoms with Gasteiger partial charge in [-0.25, -0.2) is 9.48 Å². The summed E-state index contributed by atoms with van der Waals surface area (Å²) in [4.78, 5) is 11.3. The normalized spacial score (nSPS) is 10.5. The van der Waals surface area contributed by atoms with Crippen molar-refractivity contribution in [3.8, 4) is 11.4 Å². The number of carbonyl (C=O) groups is 1. The van der Waals surface area contributed by atoms with E-state index in [0.29, 0.717) is 6.42 Å². The molecule has 0 bridgehead atoms. The highest BCUT2D eigenvalue weighted by Crippen LogP contribution is 2.21. The Morgan fingerprint density at radius 2 is 2.25 bits per heavy atom. The number of benzene rings is 1. The summed E-state index contributed by atoms with van der Waals surface area (Å²) in [6, 6.07) is 7.43. The molecule has 0 fully saturated rings. The Bertz CT molecular complexity index is 605.